The number of ether oxygens (including phenoxy) is 1. The number of carbonyl (C=O) groups is 2. The summed E-state index contributed by atoms with van der Waals surface area (Å²) in [7, 11) is 5.59. The lowest BCUT2D eigenvalue weighted by molar-refractivity contribution is -0.384. The van der Waals surface area contributed by atoms with Gasteiger partial charge in [-0.3, -0.25) is 19.7 Å². The predicted octanol–water partition coefficient (Wildman–Crippen LogP) is 5.65. The van der Waals surface area contributed by atoms with Crippen molar-refractivity contribution < 1.29 is 32.4 Å². The van der Waals surface area contributed by atoms with Crippen LogP contribution >= 0.6 is 0 Å². The van der Waals surface area contributed by atoms with Gasteiger partial charge in [-0.2, -0.15) is 13.2 Å². The summed E-state index contributed by atoms with van der Waals surface area (Å²) >= 11 is 0. The first-order valence-corrected chi connectivity index (χ1v) is 14.7. The van der Waals surface area contributed by atoms with Gasteiger partial charge in [-0.1, -0.05) is 12.1 Å². The lowest BCUT2D eigenvalue weighted by atomic mass is 10.1. The van der Waals surface area contributed by atoms with Gasteiger partial charge in [0.1, 0.15) is 11.3 Å². The summed E-state index contributed by atoms with van der Waals surface area (Å²) in [6.07, 6.45) is -3.91. The molecule has 0 aromatic heterocycles. The highest BCUT2D eigenvalue weighted by Crippen LogP contribution is 2.35. The number of nitro groups is 1. The number of anilines is 4. The molecule has 14 heteroatoms. The molecule has 0 bridgehead atoms. The van der Waals surface area contributed by atoms with Gasteiger partial charge in [0.2, 0.25) is 0 Å². The van der Waals surface area contributed by atoms with E-state index in [-0.39, 0.29) is 33.9 Å². The summed E-state index contributed by atoms with van der Waals surface area (Å²) in [6, 6.07) is 12.3. The number of rotatable bonds is 11. The van der Waals surface area contributed by atoms with Crippen molar-refractivity contribution in [3.05, 3.63) is 87.0 Å². The normalized spacial score (nSPS) is 13.4. The molecule has 1 aliphatic heterocycles. The van der Waals surface area contributed by atoms with Crippen LogP contribution in [-0.2, 0) is 10.9 Å². The molecular formula is C32H37F3N6O5. The van der Waals surface area contributed by atoms with Crippen LogP contribution < -0.4 is 20.4 Å². The highest BCUT2D eigenvalue weighted by Gasteiger charge is 2.33. The number of nitrogens with zero attached hydrogens (tertiary/aromatic N) is 4. The van der Waals surface area contributed by atoms with Crippen molar-refractivity contribution in [3.8, 4) is 0 Å². The number of alkyl halides is 3. The Labute approximate surface area is 265 Å². The zero-order chi connectivity index (χ0) is 33.6. The van der Waals surface area contributed by atoms with Crippen molar-refractivity contribution in [1.29, 1.82) is 0 Å². The minimum atomic E-state index is -4.67. The number of nitrogens with one attached hydrogen (secondary N) is 2. The summed E-state index contributed by atoms with van der Waals surface area (Å²) < 4.78 is 46.5. The van der Waals surface area contributed by atoms with Gasteiger partial charge in [-0.15, -0.1) is 0 Å². The molecule has 0 radical (unpaired) electrons. The highest BCUT2D eigenvalue weighted by molar-refractivity contribution is 6.09. The molecule has 246 valence electrons. The lowest BCUT2D eigenvalue weighted by Gasteiger charge is -2.29. The Morgan fingerprint density at radius 3 is 2.35 bits per heavy atom. The number of benzene rings is 3. The summed E-state index contributed by atoms with van der Waals surface area (Å²) in [4.78, 5) is 43.6. The van der Waals surface area contributed by atoms with E-state index in [9.17, 15) is 32.9 Å². The first-order valence-electron chi connectivity index (χ1n) is 14.7. The Balaban J connectivity index is 1.57. The molecule has 4 rings (SSSR count). The van der Waals surface area contributed by atoms with E-state index in [1.807, 2.05) is 19.0 Å². The van der Waals surface area contributed by atoms with Crippen molar-refractivity contribution >= 4 is 40.3 Å². The van der Waals surface area contributed by atoms with Crippen molar-refractivity contribution in [2.24, 2.45) is 0 Å². The second kappa shape index (κ2) is 14.6. The van der Waals surface area contributed by atoms with Crippen LogP contribution in [0.3, 0.4) is 0 Å². The van der Waals surface area contributed by atoms with E-state index >= 15 is 0 Å². The number of amides is 2. The van der Waals surface area contributed by atoms with Crippen LogP contribution in [0.1, 0.15) is 38.3 Å². The van der Waals surface area contributed by atoms with Crippen molar-refractivity contribution in [3.63, 3.8) is 0 Å². The van der Waals surface area contributed by atoms with E-state index in [0.29, 0.717) is 44.1 Å². The van der Waals surface area contributed by atoms with Gasteiger partial charge < -0.3 is 30.1 Å². The van der Waals surface area contributed by atoms with E-state index in [0.717, 1.165) is 25.1 Å². The first kappa shape index (κ1) is 34.2. The molecule has 0 spiro atoms. The maximum atomic E-state index is 13.7. The molecule has 11 nitrogen and oxygen atoms in total. The molecule has 0 unspecified atom stereocenters. The molecule has 3 aromatic rings. The fraction of sp³-hybridized carbons (Fsp3) is 0.375. The smallest absolute Gasteiger partial charge is 0.378 e. The number of hydrogen-bond donors (Lipinski definition) is 2. The minimum Gasteiger partial charge on any atom is -0.378 e. The molecule has 2 N–H and O–H groups in total. The predicted molar refractivity (Wildman–Crippen MR) is 171 cm³/mol. The van der Waals surface area contributed by atoms with Crippen LogP contribution in [0.25, 0.3) is 0 Å². The Morgan fingerprint density at radius 1 is 0.978 bits per heavy atom. The topological polar surface area (TPSA) is 120 Å². The van der Waals surface area contributed by atoms with Gasteiger partial charge in [0.05, 0.1) is 23.7 Å². The third-order valence-electron chi connectivity index (χ3n) is 7.58. The lowest BCUT2D eigenvalue weighted by Crippen LogP contribution is -2.36. The fourth-order valence-corrected chi connectivity index (χ4v) is 5.10. The average molecular weight is 643 g/mol. The van der Waals surface area contributed by atoms with Gasteiger partial charge in [0, 0.05) is 49.3 Å². The van der Waals surface area contributed by atoms with Gasteiger partial charge in [0.25, 0.3) is 11.8 Å². The van der Waals surface area contributed by atoms with Crippen molar-refractivity contribution in [1.82, 2.24) is 4.90 Å². The molecule has 46 heavy (non-hydrogen) atoms. The van der Waals surface area contributed by atoms with Crippen molar-refractivity contribution in [2.75, 3.05) is 81.0 Å². The molecule has 0 atom stereocenters. The van der Waals surface area contributed by atoms with Crippen LogP contribution in [0.15, 0.2) is 54.6 Å². The second-order valence-corrected chi connectivity index (χ2v) is 11.3. The molecule has 0 saturated carbocycles. The van der Waals surface area contributed by atoms with Gasteiger partial charge in [-0.05, 0) is 82.0 Å². The Hall–Kier alpha value is -4.69. The van der Waals surface area contributed by atoms with E-state index in [1.54, 1.807) is 48.0 Å². The molecule has 1 heterocycles. The minimum absolute atomic E-state index is 0.143. The van der Waals surface area contributed by atoms with Gasteiger partial charge in [-0.25, -0.2) is 0 Å². The van der Waals surface area contributed by atoms with Crippen LogP contribution in [0.4, 0.5) is 41.6 Å². The number of para-hydroxylation sites is 1. The molecule has 1 aliphatic rings. The number of aryl methyl sites for hydroxylation is 1. The molecule has 3 aromatic carbocycles. The molecule has 2 amide bonds. The molecule has 1 saturated heterocycles. The Bertz CT molecular complexity index is 1590. The van der Waals surface area contributed by atoms with Crippen LogP contribution in [0.2, 0.25) is 0 Å². The summed E-state index contributed by atoms with van der Waals surface area (Å²) in [6.45, 7) is 4.51. The number of carbonyl (C=O) groups excluding carboxylic acids is 2. The number of halogens is 3. The maximum Gasteiger partial charge on any atom is 0.416 e. The second-order valence-electron chi connectivity index (χ2n) is 11.3. The number of hydrogen-bond acceptors (Lipinski definition) is 8. The van der Waals surface area contributed by atoms with E-state index in [4.69, 9.17) is 4.74 Å². The number of nitro benzene ring substituents is 1. The molecular weight excluding hydrogens is 605 g/mol. The van der Waals surface area contributed by atoms with Crippen LogP contribution in [0, 0.1) is 17.0 Å². The third-order valence-corrected chi connectivity index (χ3v) is 7.58. The van der Waals surface area contributed by atoms with E-state index < -0.39 is 28.5 Å². The van der Waals surface area contributed by atoms with E-state index in [2.05, 4.69) is 10.6 Å². The quantitative estimate of drug-likeness (QED) is 0.203. The summed E-state index contributed by atoms with van der Waals surface area (Å²) in [5.41, 5.74) is -0.000568. The fourth-order valence-electron chi connectivity index (χ4n) is 5.10. The van der Waals surface area contributed by atoms with Gasteiger partial charge in [0.15, 0.2) is 0 Å². The summed E-state index contributed by atoms with van der Waals surface area (Å²) in [5, 5.41) is 17.4. The standard InChI is InChI=1S/C32H37F3N6O5/c1-21-9-10-24(36-30(42)22-17-23(32(33,34)35)19-25(18-22)40-13-15-46-16-14-40)20-27(21)37-31(43)26-7-5-8-28(29(26)41(44)45)39(4)12-6-11-38(2)3/h5,7-10,17-20H,6,11-16H2,1-4H3,(H,36,42)(H,37,43). The Kier molecular flexibility index (Phi) is 10.9. The summed E-state index contributed by atoms with van der Waals surface area (Å²) in [5.74, 6) is -1.50. The SMILES string of the molecule is Cc1ccc(NC(=O)c2cc(N3CCOCC3)cc(C(F)(F)F)c2)cc1NC(=O)c1cccc(N(C)CCCN(C)C)c1[N+](=O)[O-]. The highest BCUT2D eigenvalue weighted by atomic mass is 19.4. The number of morpholine rings is 1. The maximum absolute atomic E-state index is 13.7. The van der Waals surface area contributed by atoms with Crippen molar-refractivity contribution in [2.45, 2.75) is 19.5 Å². The van der Waals surface area contributed by atoms with E-state index in [1.165, 1.54) is 18.2 Å². The van der Waals surface area contributed by atoms with Crippen LogP contribution in [0.5, 0.6) is 0 Å². The Morgan fingerprint density at radius 2 is 1.70 bits per heavy atom. The zero-order valence-corrected chi connectivity index (χ0v) is 26.1. The zero-order valence-electron chi connectivity index (χ0n) is 26.1. The monoisotopic (exact) mass is 642 g/mol. The largest absolute Gasteiger partial charge is 0.416 e. The average Bonchev–Trinajstić information content (AvgIpc) is 3.01. The molecule has 0 aliphatic carbocycles. The third kappa shape index (κ3) is 8.52. The van der Waals surface area contributed by atoms with Gasteiger partial charge >= 0.3 is 11.9 Å². The first-order chi connectivity index (χ1) is 21.7. The van der Waals surface area contributed by atoms with Crippen LogP contribution in [-0.4, -0.2) is 82.2 Å². The molecule has 1 fully saturated rings.